The van der Waals surface area contributed by atoms with Gasteiger partial charge in [0.15, 0.2) is 5.82 Å². The molecule has 1 N–H and O–H groups in total. The number of sulfonamides is 1. The van der Waals surface area contributed by atoms with Crippen molar-refractivity contribution in [2.75, 3.05) is 17.6 Å². The van der Waals surface area contributed by atoms with Crippen molar-refractivity contribution in [1.29, 1.82) is 0 Å². The molecule has 1 unspecified atom stereocenters. The van der Waals surface area contributed by atoms with Crippen LogP contribution < -0.4 is 4.72 Å². The Hall–Kier alpha value is -2.78. The quantitative estimate of drug-likeness (QED) is 0.634. The third-order valence-electron chi connectivity index (χ3n) is 4.10. The number of aromatic nitrogens is 4. The molecular formula is C18H21N5O3S. The van der Waals surface area contributed by atoms with Gasteiger partial charge in [-0.3, -0.25) is 4.72 Å². The summed E-state index contributed by atoms with van der Waals surface area (Å²) in [4.78, 5) is 0. The first-order valence-corrected chi connectivity index (χ1v) is 10.0. The highest BCUT2D eigenvalue weighted by Crippen LogP contribution is 2.26. The van der Waals surface area contributed by atoms with Gasteiger partial charge in [0, 0.05) is 19.7 Å². The van der Waals surface area contributed by atoms with Crippen molar-refractivity contribution < 1.29 is 13.2 Å². The maximum absolute atomic E-state index is 12.7. The number of ether oxygens (including phenoxy) is 1. The number of methoxy groups -OCH3 is 1. The summed E-state index contributed by atoms with van der Waals surface area (Å²) in [5, 5.41) is 11.4. The maximum atomic E-state index is 12.7. The molecule has 1 aromatic heterocycles. The Morgan fingerprint density at radius 2 is 1.81 bits per heavy atom. The highest BCUT2D eigenvalue weighted by molar-refractivity contribution is 7.92. The molecule has 1 atom stereocenters. The largest absolute Gasteiger partial charge is 0.380 e. The SMILES string of the molecule is COC(Cc1ccccc1)CS(=O)(=O)Nc1ccccc1-c1nnnn1C. The first-order chi connectivity index (χ1) is 13.0. The van der Waals surface area contributed by atoms with Gasteiger partial charge < -0.3 is 4.74 Å². The second-order valence-electron chi connectivity index (χ2n) is 6.10. The van der Waals surface area contributed by atoms with Crippen LogP contribution in [0.4, 0.5) is 5.69 Å². The van der Waals surface area contributed by atoms with Crippen LogP contribution >= 0.6 is 0 Å². The zero-order valence-corrected chi connectivity index (χ0v) is 15.9. The summed E-state index contributed by atoms with van der Waals surface area (Å²) in [7, 11) is -0.433. The lowest BCUT2D eigenvalue weighted by molar-refractivity contribution is 0.121. The summed E-state index contributed by atoms with van der Waals surface area (Å²) in [6.07, 6.45) is 0.0427. The van der Waals surface area contributed by atoms with E-state index in [2.05, 4.69) is 20.2 Å². The summed E-state index contributed by atoms with van der Waals surface area (Å²) in [6.45, 7) is 0. The fraction of sp³-hybridized carbons (Fsp3) is 0.278. The molecular weight excluding hydrogens is 366 g/mol. The molecule has 142 valence electrons. The van der Waals surface area contributed by atoms with E-state index in [1.54, 1.807) is 31.3 Å². The predicted octanol–water partition coefficient (Wildman–Crippen LogP) is 1.88. The molecule has 2 aromatic carbocycles. The molecule has 8 nitrogen and oxygen atoms in total. The Balaban J connectivity index is 1.78. The van der Waals surface area contributed by atoms with Gasteiger partial charge in [-0.25, -0.2) is 13.1 Å². The molecule has 0 bridgehead atoms. The summed E-state index contributed by atoms with van der Waals surface area (Å²) >= 11 is 0. The molecule has 0 saturated heterocycles. The minimum absolute atomic E-state index is 0.163. The topological polar surface area (TPSA) is 99.0 Å². The van der Waals surface area contributed by atoms with Crippen LogP contribution in [-0.2, 0) is 28.2 Å². The lowest BCUT2D eigenvalue weighted by Crippen LogP contribution is -2.29. The minimum atomic E-state index is -3.65. The minimum Gasteiger partial charge on any atom is -0.380 e. The van der Waals surface area contributed by atoms with Gasteiger partial charge in [-0.15, -0.1) is 5.10 Å². The van der Waals surface area contributed by atoms with E-state index in [9.17, 15) is 8.42 Å². The number of hydrogen-bond donors (Lipinski definition) is 1. The van der Waals surface area contributed by atoms with Crippen LogP contribution in [0.25, 0.3) is 11.4 Å². The standard InChI is InChI=1S/C18H21N5O3S/c1-23-18(19-21-22-23)16-10-6-7-11-17(16)20-27(24,25)13-15(26-2)12-14-8-4-3-5-9-14/h3-11,15,20H,12-13H2,1-2H3. The van der Waals surface area contributed by atoms with Crippen LogP contribution in [0.3, 0.4) is 0 Å². The van der Waals surface area contributed by atoms with E-state index in [1.807, 2.05) is 30.3 Å². The van der Waals surface area contributed by atoms with Crippen molar-refractivity contribution >= 4 is 15.7 Å². The first-order valence-electron chi connectivity index (χ1n) is 8.37. The van der Waals surface area contributed by atoms with E-state index in [0.717, 1.165) is 5.56 Å². The third kappa shape index (κ3) is 4.89. The first kappa shape index (κ1) is 19.0. The fourth-order valence-electron chi connectivity index (χ4n) is 2.77. The van der Waals surface area contributed by atoms with Gasteiger partial charge in [0.05, 0.1) is 17.5 Å². The van der Waals surface area contributed by atoms with Crippen molar-refractivity contribution in [2.45, 2.75) is 12.5 Å². The number of benzene rings is 2. The second-order valence-corrected chi connectivity index (χ2v) is 7.87. The molecule has 27 heavy (non-hydrogen) atoms. The lowest BCUT2D eigenvalue weighted by Gasteiger charge is -2.17. The molecule has 3 aromatic rings. The average molecular weight is 387 g/mol. The fourth-order valence-corrected chi connectivity index (χ4v) is 4.11. The predicted molar refractivity (Wildman–Crippen MR) is 103 cm³/mol. The number of anilines is 1. The average Bonchev–Trinajstić information content (AvgIpc) is 3.07. The molecule has 0 saturated carbocycles. The number of aryl methyl sites for hydroxylation is 1. The molecule has 9 heteroatoms. The Labute approximate surface area is 158 Å². The van der Waals surface area contributed by atoms with Gasteiger partial charge in [0.1, 0.15) is 0 Å². The summed E-state index contributed by atoms with van der Waals surface area (Å²) in [6, 6.07) is 16.6. The summed E-state index contributed by atoms with van der Waals surface area (Å²) in [5.74, 6) is 0.310. The van der Waals surface area contributed by atoms with Crippen LogP contribution in [-0.4, -0.2) is 47.6 Å². The molecule has 0 aliphatic heterocycles. The Morgan fingerprint density at radius 3 is 2.48 bits per heavy atom. The monoisotopic (exact) mass is 387 g/mol. The molecule has 0 aliphatic rings. The molecule has 0 amide bonds. The van der Waals surface area contributed by atoms with Crippen LogP contribution in [0.1, 0.15) is 5.56 Å². The van der Waals surface area contributed by atoms with E-state index in [-0.39, 0.29) is 5.75 Å². The normalized spacial score (nSPS) is 12.7. The van der Waals surface area contributed by atoms with Gasteiger partial charge in [0.25, 0.3) is 0 Å². The van der Waals surface area contributed by atoms with Gasteiger partial charge in [0.2, 0.25) is 10.0 Å². The number of nitrogens with one attached hydrogen (secondary N) is 1. The molecule has 0 fully saturated rings. The smallest absolute Gasteiger partial charge is 0.235 e. The Kier molecular flexibility index (Phi) is 5.82. The maximum Gasteiger partial charge on any atom is 0.235 e. The summed E-state index contributed by atoms with van der Waals surface area (Å²) < 4.78 is 34.9. The third-order valence-corrected chi connectivity index (χ3v) is 5.44. The Morgan fingerprint density at radius 1 is 1.11 bits per heavy atom. The highest BCUT2D eigenvalue weighted by atomic mass is 32.2. The van der Waals surface area contributed by atoms with Crippen molar-refractivity contribution in [3.05, 3.63) is 60.2 Å². The number of rotatable bonds is 8. The second kappa shape index (κ2) is 8.28. The highest BCUT2D eigenvalue weighted by Gasteiger charge is 2.21. The molecule has 0 aliphatic carbocycles. The van der Waals surface area contributed by atoms with Crippen LogP contribution in [0.15, 0.2) is 54.6 Å². The van der Waals surface area contributed by atoms with Gasteiger partial charge in [-0.2, -0.15) is 0 Å². The van der Waals surface area contributed by atoms with Gasteiger partial charge in [-0.05, 0) is 34.5 Å². The van der Waals surface area contributed by atoms with Crippen LogP contribution in [0.5, 0.6) is 0 Å². The lowest BCUT2D eigenvalue weighted by atomic mass is 10.1. The molecule has 0 radical (unpaired) electrons. The van der Waals surface area contributed by atoms with E-state index in [0.29, 0.717) is 23.5 Å². The zero-order chi connectivity index (χ0) is 19.3. The molecule has 1 heterocycles. The van der Waals surface area contributed by atoms with Crippen molar-refractivity contribution in [3.63, 3.8) is 0 Å². The molecule has 0 spiro atoms. The molecule has 3 rings (SSSR count). The van der Waals surface area contributed by atoms with Crippen LogP contribution in [0, 0.1) is 0 Å². The van der Waals surface area contributed by atoms with Crippen molar-refractivity contribution in [3.8, 4) is 11.4 Å². The van der Waals surface area contributed by atoms with E-state index in [1.165, 1.54) is 11.8 Å². The number of nitrogens with zero attached hydrogens (tertiary/aromatic N) is 4. The van der Waals surface area contributed by atoms with Crippen molar-refractivity contribution in [1.82, 2.24) is 20.2 Å². The van der Waals surface area contributed by atoms with E-state index in [4.69, 9.17) is 4.74 Å². The number of hydrogen-bond acceptors (Lipinski definition) is 6. The van der Waals surface area contributed by atoms with Gasteiger partial charge in [-0.1, -0.05) is 42.5 Å². The number of para-hydroxylation sites is 1. The van der Waals surface area contributed by atoms with Crippen LogP contribution in [0.2, 0.25) is 0 Å². The van der Waals surface area contributed by atoms with Gasteiger partial charge >= 0.3 is 0 Å². The van der Waals surface area contributed by atoms with E-state index >= 15 is 0 Å². The Bertz CT molecular complexity index is 989. The summed E-state index contributed by atoms with van der Waals surface area (Å²) in [5.41, 5.74) is 2.04. The van der Waals surface area contributed by atoms with Crippen molar-refractivity contribution in [2.24, 2.45) is 7.05 Å². The van der Waals surface area contributed by atoms with E-state index < -0.39 is 16.1 Å². The zero-order valence-electron chi connectivity index (χ0n) is 15.1. The number of tetrazole rings is 1.